The first-order chi connectivity index (χ1) is 13.4. The van der Waals surface area contributed by atoms with E-state index in [2.05, 4.69) is 5.32 Å². The van der Waals surface area contributed by atoms with Gasteiger partial charge in [0.05, 0.1) is 17.5 Å². The van der Waals surface area contributed by atoms with Crippen LogP contribution in [0.3, 0.4) is 0 Å². The molecule has 2 aromatic rings. The first kappa shape index (κ1) is 18.1. The molecule has 6 heteroatoms. The first-order valence-electron chi connectivity index (χ1n) is 9.14. The lowest BCUT2D eigenvalue weighted by Gasteiger charge is -2.18. The van der Waals surface area contributed by atoms with Gasteiger partial charge in [0.1, 0.15) is 5.82 Å². The number of imide groups is 1. The Morgan fingerprint density at radius 1 is 1.00 bits per heavy atom. The summed E-state index contributed by atoms with van der Waals surface area (Å²) in [6.45, 7) is 1.98. The van der Waals surface area contributed by atoms with Gasteiger partial charge in [-0.3, -0.25) is 19.3 Å². The third-order valence-corrected chi connectivity index (χ3v) is 5.31. The number of benzene rings is 2. The van der Waals surface area contributed by atoms with Crippen LogP contribution in [0.4, 0.5) is 15.8 Å². The Hall–Kier alpha value is -3.28. The van der Waals surface area contributed by atoms with Gasteiger partial charge in [-0.2, -0.15) is 0 Å². The van der Waals surface area contributed by atoms with Gasteiger partial charge in [-0.05, 0) is 68.3 Å². The number of nitrogens with zero attached hydrogens (tertiary/aromatic N) is 1. The van der Waals surface area contributed by atoms with Gasteiger partial charge in [0.15, 0.2) is 0 Å². The van der Waals surface area contributed by atoms with Gasteiger partial charge in [0, 0.05) is 11.3 Å². The minimum Gasteiger partial charge on any atom is -0.322 e. The van der Waals surface area contributed by atoms with Gasteiger partial charge >= 0.3 is 0 Å². The van der Waals surface area contributed by atoms with Crippen molar-refractivity contribution in [2.45, 2.75) is 19.8 Å². The monoisotopic (exact) mass is 378 g/mol. The molecule has 1 saturated heterocycles. The van der Waals surface area contributed by atoms with Crippen molar-refractivity contribution in [3.05, 3.63) is 71.6 Å². The Labute approximate surface area is 161 Å². The van der Waals surface area contributed by atoms with Crippen molar-refractivity contribution in [2.75, 3.05) is 10.2 Å². The SMILES string of the molecule is CC1=CC[C@@H]2C(=O)N(c3ccc(C(=O)Nc4ccc(F)cc4)cc3)C(=O)[C@@H]2C1. The largest absolute Gasteiger partial charge is 0.322 e. The van der Waals surface area contributed by atoms with Crippen LogP contribution in [0.2, 0.25) is 0 Å². The third kappa shape index (κ3) is 3.22. The molecule has 2 aliphatic rings. The maximum Gasteiger partial charge on any atom is 0.255 e. The van der Waals surface area contributed by atoms with Gasteiger partial charge in [-0.15, -0.1) is 0 Å². The predicted octanol–water partition coefficient (Wildman–Crippen LogP) is 3.92. The van der Waals surface area contributed by atoms with E-state index in [-0.39, 0.29) is 35.4 Å². The molecular weight excluding hydrogens is 359 g/mol. The number of fused-ring (bicyclic) bond motifs is 1. The Morgan fingerprint density at radius 2 is 1.64 bits per heavy atom. The highest BCUT2D eigenvalue weighted by molar-refractivity contribution is 6.22. The number of amides is 3. The Kier molecular flexibility index (Phi) is 4.55. The average Bonchev–Trinajstić information content (AvgIpc) is 2.93. The molecule has 2 aromatic carbocycles. The van der Waals surface area contributed by atoms with E-state index >= 15 is 0 Å². The molecule has 1 N–H and O–H groups in total. The number of hydrogen-bond acceptors (Lipinski definition) is 3. The molecule has 4 rings (SSSR count). The van der Waals surface area contributed by atoms with Gasteiger partial charge in [0.25, 0.3) is 5.91 Å². The normalized spacial score (nSPS) is 21.4. The van der Waals surface area contributed by atoms with Crippen LogP contribution >= 0.6 is 0 Å². The number of allylic oxidation sites excluding steroid dienone is 2. The van der Waals surface area contributed by atoms with Gasteiger partial charge < -0.3 is 5.32 Å². The Bertz CT molecular complexity index is 980. The molecule has 2 atom stereocenters. The molecule has 0 bridgehead atoms. The predicted molar refractivity (Wildman–Crippen MR) is 103 cm³/mol. The Balaban J connectivity index is 1.50. The number of hydrogen-bond donors (Lipinski definition) is 1. The molecule has 3 amide bonds. The lowest BCUT2D eigenvalue weighted by molar-refractivity contribution is -0.122. The zero-order chi connectivity index (χ0) is 19.8. The number of nitrogens with one attached hydrogen (secondary N) is 1. The Morgan fingerprint density at radius 3 is 2.32 bits per heavy atom. The smallest absolute Gasteiger partial charge is 0.255 e. The van der Waals surface area contributed by atoms with Crippen molar-refractivity contribution in [3.63, 3.8) is 0 Å². The molecule has 5 nitrogen and oxygen atoms in total. The zero-order valence-corrected chi connectivity index (χ0v) is 15.3. The van der Waals surface area contributed by atoms with Crippen molar-refractivity contribution < 1.29 is 18.8 Å². The number of anilines is 2. The summed E-state index contributed by atoms with van der Waals surface area (Å²) in [4.78, 5) is 39.0. The fraction of sp³-hybridized carbons (Fsp3) is 0.227. The van der Waals surface area contributed by atoms with E-state index in [4.69, 9.17) is 0 Å². The van der Waals surface area contributed by atoms with Gasteiger partial charge in [0.2, 0.25) is 11.8 Å². The molecule has 0 spiro atoms. The molecule has 0 aromatic heterocycles. The summed E-state index contributed by atoms with van der Waals surface area (Å²) < 4.78 is 13.0. The summed E-state index contributed by atoms with van der Waals surface area (Å²) in [5.41, 5.74) is 2.46. The van der Waals surface area contributed by atoms with Crippen LogP contribution in [0.1, 0.15) is 30.1 Å². The quantitative estimate of drug-likeness (QED) is 0.650. The standard InChI is InChI=1S/C22H19FN2O3/c1-13-2-11-18-19(12-13)22(28)25(21(18)27)17-9-3-14(4-10-17)20(26)24-16-7-5-15(23)6-8-16/h2-10,18-19H,11-12H2,1H3,(H,24,26)/t18-,19+/m0/s1. The lowest BCUT2D eigenvalue weighted by Crippen LogP contribution is -2.30. The first-order valence-corrected chi connectivity index (χ1v) is 9.14. The van der Waals surface area contributed by atoms with E-state index < -0.39 is 0 Å². The third-order valence-electron chi connectivity index (χ3n) is 5.31. The molecule has 142 valence electrons. The molecular formula is C22H19FN2O3. The van der Waals surface area contributed by atoms with Crippen LogP contribution in [0, 0.1) is 17.7 Å². The van der Waals surface area contributed by atoms with Crippen LogP contribution < -0.4 is 10.2 Å². The summed E-state index contributed by atoms with van der Waals surface area (Å²) in [5, 5.41) is 2.68. The molecule has 0 radical (unpaired) electrons. The molecule has 0 saturated carbocycles. The number of rotatable bonds is 3. The summed E-state index contributed by atoms with van der Waals surface area (Å²) >= 11 is 0. The number of carbonyl (C=O) groups is 3. The van der Waals surface area contributed by atoms with E-state index in [1.165, 1.54) is 29.2 Å². The van der Waals surface area contributed by atoms with Crippen LogP contribution in [-0.2, 0) is 9.59 Å². The molecule has 1 fully saturated rings. The van der Waals surface area contributed by atoms with E-state index in [9.17, 15) is 18.8 Å². The summed E-state index contributed by atoms with van der Waals surface area (Å²) in [7, 11) is 0. The van der Waals surface area contributed by atoms with Crippen LogP contribution in [-0.4, -0.2) is 17.7 Å². The van der Waals surface area contributed by atoms with Crippen molar-refractivity contribution in [2.24, 2.45) is 11.8 Å². The maximum absolute atomic E-state index is 13.0. The molecule has 1 heterocycles. The van der Waals surface area contributed by atoms with E-state index in [0.29, 0.717) is 29.8 Å². The van der Waals surface area contributed by atoms with Crippen molar-refractivity contribution in [1.29, 1.82) is 0 Å². The van der Waals surface area contributed by atoms with E-state index in [0.717, 1.165) is 5.57 Å². The lowest BCUT2D eigenvalue weighted by atomic mass is 9.82. The summed E-state index contributed by atoms with van der Waals surface area (Å²) in [6, 6.07) is 11.8. The number of halogens is 1. The topological polar surface area (TPSA) is 66.5 Å². The van der Waals surface area contributed by atoms with Crippen LogP contribution in [0.15, 0.2) is 60.2 Å². The highest BCUT2D eigenvalue weighted by Crippen LogP contribution is 2.39. The number of carbonyl (C=O) groups excluding carboxylic acids is 3. The molecule has 28 heavy (non-hydrogen) atoms. The van der Waals surface area contributed by atoms with Gasteiger partial charge in [-0.25, -0.2) is 4.39 Å². The van der Waals surface area contributed by atoms with Gasteiger partial charge in [-0.1, -0.05) is 11.6 Å². The molecule has 0 unspecified atom stereocenters. The zero-order valence-electron chi connectivity index (χ0n) is 15.3. The van der Waals surface area contributed by atoms with Crippen molar-refractivity contribution in [1.82, 2.24) is 0 Å². The minimum absolute atomic E-state index is 0.175. The second-order valence-corrected chi connectivity index (χ2v) is 7.22. The van der Waals surface area contributed by atoms with Crippen LogP contribution in [0.5, 0.6) is 0 Å². The fourth-order valence-corrected chi connectivity index (χ4v) is 3.79. The molecule has 1 aliphatic heterocycles. The second-order valence-electron chi connectivity index (χ2n) is 7.22. The summed E-state index contributed by atoms with van der Waals surface area (Å²) in [6.07, 6.45) is 3.23. The second kappa shape index (κ2) is 7.03. The van der Waals surface area contributed by atoms with E-state index in [1.54, 1.807) is 24.3 Å². The highest BCUT2D eigenvalue weighted by atomic mass is 19.1. The average molecular weight is 378 g/mol. The van der Waals surface area contributed by atoms with E-state index in [1.807, 2.05) is 13.0 Å². The highest BCUT2D eigenvalue weighted by Gasteiger charge is 2.48. The van der Waals surface area contributed by atoms with Crippen molar-refractivity contribution >= 4 is 29.1 Å². The maximum atomic E-state index is 13.0. The minimum atomic E-state index is -0.381. The summed E-state index contributed by atoms with van der Waals surface area (Å²) in [5.74, 6) is -1.68. The van der Waals surface area contributed by atoms with Crippen molar-refractivity contribution in [3.8, 4) is 0 Å². The fourth-order valence-electron chi connectivity index (χ4n) is 3.79. The van der Waals surface area contributed by atoms with Crippen LogP contribution in [0.25, 0.3) is 0 Å². The molecule has 1 aliphatic carbocycles.